The molecule has 2 N–H and O–H groups in total. The van der Waals surface area contributed by atoms with Crippen LogP contribution in [0.1, 0.15) is 6.92 Å². The van der Waals surface area contributed by atoms with Crippen molar-refractivity contribution in [2.24, 2.45) is 0 Å². The quantitative estimate of drug-likeness (QED) is 0.868. The van der Waals surface area contributed by atoms with Crippen molar-refractivity contribution in [3.8, 4) is 0 Å². The number of hydrogen-bond acceptors (Lipinski definition) is 2. The minimum Gasteiger partial charge on any atom is -0.480 e. The maximum absolute atomic E-state index is 11.7. The Bertz CT molecular complexity index is 406. The number of likely N-dealkylation sites (N-methyl/N-ethyl adjacent to an activating group) is 1. The van der Waals surface area contributed by atoms with Crippen molar-refractivity contribution < 1.29 is 14.7 Å². The number of carboxylic acid groups (broad SMARTS) is 1. The van der Waals surface area contributed by atoms with Crippen molar-refractivity contribution in [1.82, 2.24) is 4.90 Å². The van der Waals surface area contributed by atoms with Gasteiger partial charge in [-0.15, -0.1) is 0 Å². The van der Waals surface area contributed by atoms with Crippen LogP contribution in [0.2, 0.25) is 5.02 Å². The number of aliphatic carboxylic acids is 1. The summed E-state index contributed by atoms with van der Waals surface area (Å²) in [7, 11) is 0. The van der Waals surface area contributed by atoms with Gasteiger partial charge in [0.2, 0.25) is 0 Å². The van der Waals surface area contributed by atoms with E-state index in [1.165, 1.54) is 4.90 Å². The number of amides is 2. The van der Waals surface area contributed by atoms with E-state index < -0.39 is 12.0 Å². The second-order valence-electron chi connectivity index (χ2n) is 3.34. The Morgan fingerprint density at radius 1 is 1.35 bits per heavy atom. The van der Waals surface area contributed by atoms with E-state index in [0.29, 0.717) is 17.3 Å². The molecular formula is C11H13ClN2O3. The molecule has 0 fully saturated rings. The zero-order chi connectivity index (χ0) is 12.8. The van der Waals surface area contributed by atoms with Gasteiger partial charge in [0.05, 0.1) is 0 Å². The number of carbonyl (C=O) groups is 2. The lowest BCUT2D eigenvalue weighted by Crippen LogP contribution is -2.38. The van der Waals surface area contributed by atoms with Crippen molar-refractivity contribution in [3.05, 3.63) is 29.3 Å². The Hall–Kier alpha value is -1.75. The zero-order valence-electron chi connectivity index (χ0n) is 9.31. The van der Waals surface area contributed by atoms with Crippen LogP contribution < -0.4 is 5.32 Å². The summed E-state index contributed by atoms with van der Waals surface area (Å²) >= 11 is 5.71. The molecule has 0 heterocycles. The van der Waals surface area contributed by atoms with Gasteiger partial charge in [-0.05, 0) is 31.2 Å². The third kappa shape index (κ3) is 4.32. The molecule has 0 atom stereocenters. The number of carbonyl (C=O) groups excluding carboxylic acids is 1. The number of carboxylic acids is 1. The fraction of sp³-hybridized carbons (Fsp3) is 0.273. The van der Waals surface area contributed by atoms with Crippen LogP contribution in [0.5, 0.6) is 0 Å². The number of hydrogen-bond donors (Lipinski definition) is 2. The van der Waals surface area contributed by atoms with Crippen molar-refractivity contribution in [2.75, 3.05) is 18.4 Å². The summed E-state index contributed by atoms with van der Waals surface area (Å²) in [5, 5.41) is 11.8. The average Bonchev–Trinajstić information content (AvgIpc) is 2.28. The van der Waals surface area contributed by atoms with Crippen LogP contribution in [0.25, 0.3) is 0 Å². The molecule has 0 aliphatic carbocycles. The third-order valence-corrected chi connectivity index (χ3v) is 2.34. The minimum atomic E-state index is -1.04. The Morgan fingerprint density at radius 2 is 1.94 bits per heavy atom. The van der Waals surface area contributed by atoms with E-state index in [0.717, 1.165) is 0 Å². The Kier molecular flexibility index (Phi) is 4.78. The van der Waals surface area contributed by atoms with Crippen molar-refractivity contribution in [3.63, 3.8) is 0 Å². The van der Waals surface area contributed by atoms with E-state index in [1.807, 2.05) is 0 Å². The van der Waals surface area contributed by atoms with Crippen LogP contribution in [0.3, 0.4) is 0 Å². The van der Waals surface area contributed by atoms with Gasteiger partial charge in [-0.25, -0.2) is 4.79 Å². The van der Waals surface area contributed by atoms with E-state index >= 15 is 0 Å². The molecule has 1 rings (SSSR count). The lowest BCUT2D eigenvalue weighted by Gasteiger charge is -2.19. The predicted molar refractivity (Wildman–Crippen MR) is 65.4 cm³/mol. The number of benzene rings is 1. The van der Waals surface area contributed by atoms with Crippen LogP contribution in [0, 0.1) is 0 Å². The van der Waals surface area contributed by atoms with Crippen LogP contribution in [-0.2, 0) is 4.79 Å². The smallest absolute Gasteiger partial charge is 0.323 e. The fourth-order valence-electron chi connectivity index (χ4n) is 1.23. The molecule has 6 heteroatoms. The second kappa shape index (κ2) is 6.10. The Morgan fingerprint density at radius 3 is 2.41 bits per heavy atom. The van der Waals surface area contributed by atoms with Crippen LogP contribution >= 0.6 is 11.6 Å². The molecule has 0 aliphatic rings. The number of halogens is 1. The first-order valence-electron chi connectivity index (χ1n) is 5.06. The summed E-state index contributed by atoms with van der Waals surface area (Å²) in [5.41, 5.74) is 0.572. The minimum absolute atomic E-state index is 0.323. The Labute approximate surface area is 104 Å². The SMILES string of the molecule is CCN(CC(=O)O)C(=O)Nc1ccc(Cl)cc1. The largest absolute Gasteiger partial charge is 0.480 e. The van der Waals surface area contributed by atoms with Gasteiger partial charge in [0.25, 0.3) is 0 Å². The van der Waals surface area contributed by atoms with E-state index in [-0.39, 0.29) is 6.54 Å². The maximum Gasteiger partial charge on any atom is 0.323 e. The molecule has 0 saturated carbocycles. The number of nitrogens with zero attached hydrogens (tertiary/aromatic N) is 1. The monoisotopic (exact) mass is 256 g/mol. The maximum atomic E-state index is 11.7. The van der Waals surface area contributed by atoms with Crippen LogP contribution in [-0.4, -0.2) is 35.1 Å². The molecule has 0 radical (unpaired) electrons. The molecule has 0 aliphatic heterocycles. The first kappa shape index (κ1) is 13.3. The first-order chi connectivity index (χ1) is 8.02. The normalized spacial score (nSPS) is 9.76. The molecule has 0 unspecified atom stereocenters. The molecule has 0 aromatic heterocycles. The van der Waals surface area contributed by atoms with Crippen LogP contribution in [0.4, 0.5) is 10.5 Å². The highest BCUT2D eigenvalue weighted by Gasteiger charge is 2.14. The van der Waals surface area contributed by atoms with Crippen molar-refractivity contribution >= 4 is 29.3 Å². The lowest BCUT2D eigenvalue weighted by atomic mass is 10.3. The summed E-state index contributed by atoms with van der Waals surface area (Å²) in [6.45, 7) is 1.71. The fourth-order valence-corrected chi connectivity index (χ4v) is 1.35. The first-order valence-corrected chi connectivity index (χ1v) is 5.44. The van der Waals surface area contributed by atoms with Gasteiger partial charge in [0.15, 0.2) is 0 Å². The average molecular weight is 257 g/mol. The van der Waals surface area contributed by atoms with Gasteiger partial charge in [-0.2, -0.15) is 0 Å². The summed E-state index contributed by atoms with van der Waals surface area (Å²) in [6, 6.07) is 6.14. The number of rotatable bonds is 4. The standard InChI is InChI=1S/C11H13ClN2O3/c1-2-14(7-10(15)16)11(17)13-9-5-3-8(12)4-6-9/h3-6H,2,7H2,1H3,(H,13,17)(H,15,16). The van der Waals surface area contributed by atoms with Gasteiger partial charge in [0, 0.05) is 17.3 Å². The molecule has 5 nitrogen and oxygen atoms in total. The van der Waals surface area contributed by atoms with Gasteiger partial charge in [-0.1, -0.05) is 11.6 Å². The highest BCUT2D eigenvalue weighted by atomic mass is 35.5. The molecular weight excluding hydrogens is 244 g/mol. The molecule has 1 aromatic rings. The molecule has 0 spiro atoms. The zero-order valence-corrected chi connectivity index (χ0v) is 10.1. The summed E-state index contributed by atoms with van der Waals surface area (Å²) in [6.07, 6.45) is 0. The van der Waals surface area contributed by atoms with E-state index in [9.17, 15) is 9.59 Å². The molecule has 17 heavy (non-hydrogen) atoms. The second-order valence-corrected chi connectivity index (χ2v) is 3.78. The lowest BCUT2D eigenvalue weighted by molar-refractivity contribution is -0.137. The van der Waals surface area contributed by atoms with Gasteiger partial charge in [-0.3, -0.25) is 4.79 Å². The molecule has 2 amide bonds. The van der Waals surface area contributed by atoms with Crippen LogP contribution in [0.15, 0.2) is 24.3 Å². The molecule has 0 saturated heterocycles. The molecule has 1 aromatic carbocycles. The number of urea groups is 1. The van der Waals surface area contributed by atoms with E-state index in [4.69, 9.17) is 16.7 Å². The highest BCUT2D eigenvalue weighted by molar-refractivity contribution is 6.30. The summed E-state index contributed by atoms with van der Waals surface area (Å²) in [4.78, 5) is 23.4. The highest BCUT2D eigenvalue weighted by Crippen LogP contribution is 2.13. The van der Waals surface area contributed by atoms with E-state index in [2.05, 4.69) is 5.32 Å². The van der Waals surface area contributed by atoms with Gasteiger partial charge >= 0.3 is 12.0 Å². The molecule has 0 bridgehead atoms. The van der Waals surface area contributed by atoms with E-state index in [1.54, 1.807) is 31.2 Å². The Balaban J connectivity index is 2.63. The van der Waals surface area contributed by atoms with Crippen molar-refractivity contribution in [1.29, 1.82) is 0 Å². The summed E-state index contributed by atoms with van der Waals surface area (Å²) in [5.74, 6) is -1.04. The topological polar surface area (TPSA) is 69.6 Å². The number of anilines is 1. The molecule has 92 valence electrons. The third-order valence-electron chi connectivity index (χ3n) is 2.09. The predicted octanol–water partition coefficient (Wildman–Crippen LogP) is 2.28. The van der Waals surface area contributed by atoms with Crippen molar-refractivity contribution in [2.45, 2.75) is 6.92 Å². The van der Waals surface area contributed by atoms with Gasteiger partial charge < -0.3 is 15.3 Å². The number of nitrogens with one attached hydrogen (secondary N) is 1. The summed E-state index contributed by atoms with van der Waals surface area (Å²) < 4.78 is 0. The van der Waals surface area contributed by atoms with Gasteiger partial charge in [0.1, 0.15) is 6.54 Å².